The minimum absolute atomic E-state index is 0.0561. The molecule has 0 bridgehead atoms. The summed E-state index contributed by atoms with van der Waals surface area (Å²) in [5.41, 5.74) is 5.19. The number of benzene rings is 1. The largest absolute Gasteiger partial charge is 0.467 e. The zero-order valence-electron chi connectivity index (χ0n) is 14.9. The van der Waals surface area contributed by atoms with Crippen LogP contribution in [0.3, 0.4) is 0 Å². The van der Waals surface area contributed by atoms with Crippen molar-refractivity contribution in [3.8, 4) is 0 Å². The first-order chi connectivity index (χ1) is 13.5. The van der Waals surface area contributed by atoms with Gasteiger partial charge in [0.05, 0.1) is 30.9 Å². The van der Waals surface area contributed by atoms with Gasteiger partial charge in [0, 0.05) is 18.7 Å². The second-order valence-electron chi connectivity index (χ2n) is 5.89. The molecule has 1 aromatic carbocycles. The minimum Gasteiger partial charge on any atom is -0.467 e. The Kier molecular flexibility index (Phi) is 6.62. The molecule has 3 N–H and O–H groups in total. The molecule has 2 heterocycles. The van der Waals surface area contributed by atoms with Crippen LogP contribution in [0.25, 0.3) is 0 Å². The van der Waals surface area contributed by atoms with E-state index < -0.39 is 15.9 Å². The molecule has 9 nitrogen and oxygen atoms in total. The van der Waals surface area contributed by atoms with E-state index in [0.29, 0.717) is 25.5 Å². The van der Waals surface area contributed by atoms with Crippen LogP contribution < -0.4 is 16.2 Å². The van der Waals surface area contributed by atoms with Crippen molar-refractivity contribution in [3.05, 3.63) is 54.0 Å². The Morgan fingerprint density at radius 3 is 2.64 bits per heavy atom. The number of hydrazine groups is 1. The fourth-order valence-electron chi connectivity index (χ4n) is 2.54. The average Bonchev–Trinajstić information content (AvgIpc) is 3.25. The Bertz CT molecular complexity index is 925. The number of furan rings is 1. The maximum absolute atomic E-state index is 12.7. The van der Waals surface area contributed by atoms with Crippen LogP contribution in [0.5, 0.6) is 0 Å². The zero-order valence-corrected chi connectivity index (χ0v) is 16.5. The number of carbonyl (C=O) groups is 1. The summed E-state index contributed by atoms with van der Waals surface area (Å²) in [4.78, 5) is 12.4. The third-order valence-electron chi connectivity index (χ3n) is 4.00. The van der Waals surface area contributed by atoms with E-state index in [1.54, 1.807) is 18.4 Å². The van der Waals surface area contributed by atoms with E-state index in [1.165, 1.54) is 28.6 Å². The summed E-state index contributed by atoms with van der Waals surface area (Å²) in [7, 11) is -3.68. The minimum atomic E-state index is -3.68. The molecule has 1 aromatic heterocycles. The number of ether oxygens (including phenoxy) is 1. The molecule has 28 heavy (non-hydrogen) atoms. The third-order valence-corrected chi connectivity index (χ3v) is 6.14. The number of thiocarbonyl (C=S) groups is 1. The lowest BCUT2D eigenvalue weighted by Crippen LogP contribution is -2.46. The maximum Gasteiger partial charge on any atom is 0.269 e. The van der Waals surface area contributed by atoms with Crippen molar-refractivity contribution in [1.29, 1.82) is 0 Å². The van der Waals surface area contributed by atoms with Crippen LogP contribution in [0.4, 0.5) is 0 Å². The first kappa shape index (κ1) is 20.3. The highest BCUT2D eigenvalue weighted by Gasteiger charge is 2.26. The molecule has 2 aromatic rings. The predicted octanol–water partition coefficient (Wildman–Crippen LogP) is 0.610. The van der Waals surface area contributed by atoms with Crippen molar-refractivity contribution in [1.82, 2.24) is 20.5 Å². The fraction of sp³-hybridized carbons (Fsp3) is 0.294. The molecule has 0 spiro atoms. The molecule has 1 amide bonds. The van der Waals surface area contributed by atoms with Crippen LogP contribution in [0, 0.1) is 0 Å². The normalized spacial score (nSPS) is 15.0. The van der Waals surface area contributed by atoms with Crippen molar-refractivity contribution in [2.45, 2.75) is 11.4 Å². The van der Waals surface area contributed by atoms with Crippen molar-refractivity contribution >= 4 is 33.3 Å². The summed E-state index contributed by atoms with van der Waals surface area (Å²) in [6, 6.07) is 9.39. The van der Waals surface area contributed by atoms with E-state index >= 15 is 0 Å². The SMILES string of the molecule is O=C(NNC(=S)NCc1ccco1)c1cccc(S(=O)(=O)N2CCOCC2)c1. The number of hydrogen-bond acceptors (Lipinski definition) is 6. The van der Waals surface area contributed by atoms with Crippen LogP contribution in [-0.2, 0) is 21.3 Å². The van der Waals surface area contributed by atoms with E-state index in [1.807, 2.05) is 0 Å². The summed E-state index contributed by atoms with van der Waals surface area (Å²) in [6.45, 7) is 1.64. The van der Waals surface area contributed by atoms with Gasteiger partial charge in [0.2, 0.25) is 10.0 Å². The monoisotopic (exact) mass is 424 g/mol. The lowest BCUT2D eigenvalue weighted by atomic mass is 10.2. The standard InChI is InChI=1S/C17H20N4O5S2/c22-16(19-20-17(27)18-12-14-4-2-8-26-14)13-3-1-5-15(11-13)28(23,24)21-6-9-25-10-7-21/h1-5,8,11H,6-7,9-10,12H2,(H,19,22)(H2,18,20,27). The summed E-state index contributed by atoms with van der Waals surface area (Å²) >= 11 is 5.07. The van der Waals surface area contributed by atoms with Gasteiger partial charge in [-0.2, -0.15) is 4.31 Å². The van der Waals surface area contributed by atoms with Gasteiger partial charge in [-0.1, -0.05) is 6.07 Å². The highest BCUT2D eigenvalue weighted by Crippen LogP contribution is 2.18. The first-order valence-corrected chi connectivity index (χ1v) is 10.4. The van der Waals surface area contributed by atoms with Gasteiger partial charge < -0.3 is 14.5 Å². The lowest BCUT2D eigenvalue weighted by Gasteiger charge is -2.26. The molecule has 1 aliphatic heterocycles. The molecule has 0 atom stereocenters. The molecular formula is C17H20N4O5S2. The van der Waals surface area contributed by atoms with Crippen LogP contribution in [0.1, 0.15) is 16.1 Å². The summed E-state index contributed by atoms with van der Waals surface area (Å²) in [6.07, 6.45) is 1.55. The van der Waals surface area contributed by atoms with E-state index in [4.69, 9.17) is 21.4 Å². The van der Waals surface area contributed by atoms with Gasteiger partial charge in [0.25, 0.3) is 5.91 Å². The Labute approximate surface area is 168 Å². The average molecular weight is 425 g/mol. The number of carbonyl (C=O) groups excluding carboxylic acids is 1. The maximum atomic E-state index is 12.7. The molecule has 3 rings (SSSR count). The van der Waals surface area contributed by atoms with E-state index in [-0.39, 0.29) is 28.7 Å². The lowest BCUT2D eigenvalue weighted by molar-refractivity contribution is 0.0730. The quantitative estimate of drug-likeness (QED) is 0.473. The van der Waals surface area contributed by atoms with Gasteiger partial charge in [-0.25, -0.2) is 8.42 Å². The van der Waals surface area contributed by atoms with Gasteiger partial charge >= 0.3 is 0 Å². The highest BCUT2D eigenvalue weighted by atomic mass is 32.2. The van der Waals surface area contributed by atoms with Crippen molar-refractivity contribution in [2.75, 3.05) is 26.3 Å². The van der Waals surface area contributed by atoms with Gasteiger partial charge in [-0.05, 0) is 42.5 Å². The van der Waals surface area contributed by atoms with E-state index in [2.05, 4.69) is 16.2 Å². The Morgan fingerprint density at radius 1 is 1.14 bits per heavy atom. The summed E-state index contributed by atoms with van der Waals surface area (Å²) in [5.74, 6) is 0.178. The van der Waals surface area contributed by atoms with Crippen molar-refractivity contribution < 1.29 is 22.4 Å². The number of rotatable bonds is 5. The number of morpholine rings is 1. The molecule has 0 saturated carbocycles. The third kappa shape index (κ3) is 5.07. The van der Waals surface area contributed by atoms with Crippen LogP contribution in [-0.4, -0.2) is 50.0 Å². The van der Waals surface area contributed by atoms with Gasteiger partial charge in [0.1, 0.15) is 5.76 Å². The van der Waals surface area contributed by atoms with Crippen molar-refractivity contribution in [3.63, 3.8) is 0 Å². The van der Waals surface area contributed by atoms with Crippen LogP contribution in [0.15, 0.2) is 52.0 Å². The molecule has 0 aliphatic carbocycles. The smallest absolute Gasteiger partial charge is 0.269 e. The Morgan fingerprint density at radius 2 is 1.93 bits per heavy atom. The summed E-state index contributed by atoms with van der Waals surface area (Å²) < 4.78 is 37.1. The van der Waals surface area contributed by atoms with E-state index in [9.17, 15) is 13.2 Å². The van der Waals surface area contributed by atoms with Gasteiger partial charge in [-0.15, -0.1) is 0 Å². The zero-order chi connectivity index (χ0) is 20.0. The summed E-state index contributed by atoms with van der Waals surface area (Å²) in [5, 5.41) is 3.06. The predicted molar refractivity (Wildman–Crippen MR) is 105 cm³/mol. The molecule has 0 unspecified atom stereocenters. The van der Waals surface area contributed by atoms with Crippen LogP contribution >= 0.6 is 12.2 Å². The molecule has 1 fully saturated rings. The van der Waals surface area contributed by atoms with Gasteiger partial charge in [-0.3, -0.25) is 15.6 Å². The first-order valence-electron chi connectivity index (χ1n) is 8.51. The number of amides is 1. The second kappa shape index (κ2) is 9.15. The van der Waals surface area contributed by atoms with Crippen molar-refractivity contribution in [2.24, 2.45) is 0 Å². The highest BCUT2D eigenvalue weighted by molar-refractivity contribution is 7.89. The number of nitrogens with zero attached hydrogens (tertiary/aromatic N) is 1. The number of hydrogen-bond donors (Lipinski definition) is 3. The Hall–Kier alpha value is -2.47. The van der Waals surface area contributed by atoms with E-state index in [0.717, 1.165) is 0 Å². The number of sulfonamides is 1. The van der Waals surface area contributed by atoms with Gasteiger partial charge in [0.15, 0.2) is 5.11 Å². The molecule has 1 aliphatic rings. The Balaban J connectivity index is 1.58. The molecule has 150 valence electrons. The second-order valence-corrected chi connectivity index (χ2v) is 8.23. The fourth-order valence-corrected chi connectivity index (χ4v) is 4.12. The van der Waals surface area contributed by atoms with Crippen LogP contribution in [0.2, 0.25) is 0 Å². The molecular weight excluding hydrogens is 404 g/mol. The molecule has 1 saturated heterocycles. The molecule has 11 heteroatoms. The topological polar surface area (TPSA) is 113 Å². The molecule has 0 radical (unpaired) electrons. The number of nitrogens with one attached hydrogen (secondary N) is 3.